The Morgan fingerprint density at radius 1 is 0.893 bits per heavy atom. The first-order valence-corrected chi connectivity index (χ1v) is 8.44. The summed E-state index contributed by atoms with van der Waals surface area (Å²) < 4.78 is 10.7. The maximum Gasteiger partial charge on any atom is 0.338 e. The molecule has 0 fully saturated rings. The van der Waals surface area contributed by atoms with Crippen molar-refractivity contribution in [3.63, 3.8) is 0 Å². The van der Waals surface area contributed by atoms with Gasteiger partial charge in [-0.1, -0.05) is 24.3 Å². The van der Waals surface area contributed by atoms with E-state index in [0.717, 1.165) is 0 Å². The number of rotatable bonds is 6. The molecule has 0 bridgehead atoms. The van der Waals surface area contributed by atoms with Crippen LogP contribution in [-0.2, 0) is 9.53 Å². The highest BCUT2D eigenvalue weighted by Crippen LogP contribution is 2.22. The Morgan fingerprint density at radius 3 is 2.32 bits per heavy atom. The molecule has 1 amide bonds. The minimum atomic E-state index is -0.668. The summed E-state index contributed by atoms with van der Waals surface area (Å²) in [7, 11) is 0. The summed E-state index contributed by atoms with van der Waals surface area (Å²) in [4.78, 5) is 23.9. The van der Waals surface area contributed by atoms with Gasteiger partial charge in [0, 0.05) is 5.69 Å². The minimum absolute atomic E-state index is 0.217. The summed E-state index contributed by atoms with van der Waals surface area (Å²) in [5.74, 6) is 0.208. The van der Waals surface area contributed by atoms with Crippen LogP contribution in [0.3, 0.4) is 0 Å². The third-order valence-electron chi connectivity index (χ3n) is 3.68. The number of ether oxygens (including phenoxy) is 2. The number of benzene rings is 3. The number of anilines is 1. The highest BCUT2D eigenvalue weighted by atomic mass is 16.5. The average Bonchev–Trinajstić information content (AvgIpc) is 2.74. The minimum Gasteiger partial charge on any atom is -0.457 e. The summed E-state index contributed by atoms with van der Waals surface area (Å²) >= 11 is 0. The third kappa shape index (κ3) is 5.19. The van der Waals surface area contributed by atoms with Gasteiger partial charge >= 0.3 is 5.97 Å². The Balaban J connectivity index is 1.50. The van der Waals surface area contributed by atoms with Gasteiger partial charge in [-0.2, -0.15) is 5.26 Å². The van der Waals surface area contributed by atoms with Crippen molar-refractivity contribution in [2.45, 2.75) is 0 Å². The third-order valence-corrected chi connectivity index (χ3v) is 3.68. The number of amides is 1. The molecule has 0 aromatic heterocycles. The zero-order chi connectivity index (χ0) is 19.8. The lowest BCUT2D eigenvalue weighted by Crippen LogP contribution is -2.20. The molecule has 3 aromatic carbocycles. The Labute approximate surface area is 161 Å². The van der Waals surface area contributed by atoms with Crippen molar-refractivity contribution in [3.05, 3.63) is 90.0 Å². The molecule has 0 radical (unpaired) electrons. The zero-order valence-electron chi connectivity index (χ0n) is 14.8. The first kappa shape index (κ1) is 18.7. The zero-order valence-corrected chi connectivity index (χ0v) is 14.8. The molecular weight excluding hydrogens is 356 g/mol. The molecular formula is C22H16N2O4. The van der Waals surface area contributed by atoms with Crippen LogP contribution in [0.1, 0.15) is 15.9 Å². The van der Waals surface area contributed by atoms with Crippen LogP contribution in [-0.4, -0.2) is 18.5 Å². The van der Waals surface area contributed by atoms with Gasteiger partial charge in [0.25, 0.3) is 5.91 Å². The standard InChI is InChI=1S/C22H16N2O4/c23-14-16-5-4-6-17(13-16)22(26)27-15-21(25)24-18-9-11-20(12-10-18)28-19-7-2-1-3-8-19/h1-13H,15H2,(H,24,25). The number of hydrogen-bond acceptors (Lipinski definition) is 5. The largest absolute Gasteiger partial charge is 0.457 e. The van der Waals surface area contributed by atoms with E-state index in [4.69, 9.17) is 14.7 Å². The summed E-state index contributed by atoms with van der Waals surface area (Å²) in [5.41, 5.74) is 1.11. The van der Waals surface area contributed by atoms with Gasteiger partial charge in [0.05, 0.1) is 17.2 Å². The quantitative estimate of drug-likeness (QED) is 0.657. The molecule has 0 saturated carbocycles. The van der Waals surface area contributed by atoms with E-state index in [0.29, 0.717) is 22.7 Å². The molecule has 1 N–H and O–H groups in total. The van der Waals surface area contributed by atoms with E-state index < -0.39 is 18.5 Å². The van der Waals surface area contributed by atoms with Gasteiger partial charge in [0.1, 0.15) is 11.5 Å². The number of carbonyl (C=O) groups is 2. The molecule has 0 aliphatic heterocycles. The van der Waals surface area contributed by atoms with E-state index in [1.54, 1.807) is 36.4 Å². The molecule has 3 rings (SSSR count). The second kappa shape index (κ2) is 9.01. The first-order valence-electron chi connectivity index (χ1n) is 8.44. The number of nitrogens with one attached hydrogen (secondary N) is 1. The number of esters is 1. The number of hydrogen-bond donors (Lipinski definition) is 1. The van der Waals surface area contributed by atoms with E-state index in [1.165, 1.54) is 12.1 Å². The molecule has 0 atom stereocenters. The smallest absolute Gasteiger partial charge is 0.338 e. The lowest BCUT2D eigenvalue weighted by Gasteiger charge is -2.09. The summed E-state index contributed by atoms with van der Waals surface area (Å²) in [6.45, 7) is -0.433. The lowest BCUT2D eigenvalue weighted by atomic mass is 10.1. The van der Waals surface area contributed by atoms with Crippen LogP contribution in [0.15, 0.2) is 78.9 Å². The molecule has 0 unspecified atom stereocenters. The second-order valence-corrected chi connectivity index (χ2v) is 5.76. The Bertz CT molecular complexity index is 1010. The fourth-order valence-corrected chi connectivity index (χ4v) is 2.36. The van der Waals surface area contributed by atoms with Crippen molar-refractivity contribution in [1.29, 1.82) is 5.26 Å². The van der Waals surface area contributed by atoms with Crippen molar-refractivity contribution in [2.24, 2.45) is 0 Å². The highest BCUT2D eigenvalue weighted by molar-refractivity contribution is 5.95. The van der Waals surface area contributed by atoms with Crippen molar-refractivity contribution in [3.8, 4) is 17.6 Å². The molecule has 3 aromatic rings. The monoisotopic (exact) mass is 372 g/mol. The van der Waals surface area contributed by atoms with Gasteiger partial charge in [-0.05, 0) is 54.6 Å². The maximum absolute atomic E-state index is 12.0. The predicted octanol–water partition coefficient (Wildman–Crippen LogP) is 4.15. The van der Waals surface area contributed by atoms with Crippen LogP contribution in [0.4, 0.5) is 5.69 Å². The highest BCUT2D eigenvalue weighted by Gasteiger charge is 2.11. The molecule has 0 aliphatic rings. The fourth-order valence-electron chi connectivity index (χ4n) is 2.36. The molecule has 0 aliphatic carbocycles. The van der Waals surface area contributed by atoms with Gasteiger partial charge in [0.15, 0.2) is 6.61 Å². The maximum atomic E-state index is 12.0. The molecule has 0 saturated heterocycles. The van der Waals surface area contributed by atoms with Gasteiger partial charge in [-0.25, -0.2) is 4.79 Å². The van der Waals surface area contributed by atoms with E-state index >= 15 is 0 Å². The van der Waals surface area contributed by atoms with Crippen molar-refractivity contribution < 1.29 is 19.1 Å². The molecule has 0 heterocycles. The van der Waals surface area contributed by atoms with Crippen LogP contribution in [0, 0.1) is 11.3 Å². The number of carbonyl (C=O) groups excluding carboxylic acids is 2. The Morgan fingerprint density at radius 2 is 1.61 bits per heavy atom. The summed E-state index contributed by atoms with van der Waals surface area (Å²) in [6.07, 6.45) is 0. The Hall–Kier alpha value is -4.11. The molecule has 0 spiro atoms. The van der Waals surface area contributed by atoms with Crippen LogP contribution in [0.2, 0.25) is 0 Å². The summed E-state index contributed by atoms with van der Waals surface area (Å²) in [5, 5.41) is 11.5. The van der Waals surface area contributed by atoms with Gasteiger partial charge in [0.2, 0.25) is 0 Å². The molecule has 138 valence electrons. The van der Waals surface area contributed by atoms with Gasteiger partial charge < -0.3 is 14.8 Å². The molecule has 6 nitrogen and oxygen atoms in total. The SMILES string of the molecule is N#Cc1cccc(C(=O)OCC(=O)Nc2ccc(Oc3ccccc3)cc2)c1. The average molecular weight is 372 g/mol. The summed E-state index contributed by atoms with van der Waals surface area (Å²) in [6, 6.07) is 24.2. The Kier molecular flexibility index (Phi) is 6.01. The fraction of sp³-hybridized carbons (Fsp3) is 0.0455. The van der Waals surface area contributed by atoms with Gasteiger partial charge in [-0.3, -0.25) is 4.79 Å². The number of para-hydroxylation sites is 1. The number of nitrogens with zero attached hydrogens (tertiary/aromatic N) is 1. The van der Waals surface area contributed by atoms with E-state index in [1.807, 2.05) is 36.4 Å². The van der Waals surface area contributed by atoms with E-state index in [-0.39, 0.29) is 5.56 Å². The normalized spacial score (nSPS) is 9.82. The number of nitriles is 1. The lowest BCUT2D eigenvalue weighted by molar-refractivity contribution is -0.119. The van der Waals surface area contributed by atoms with Crippen LogP contribution < -0.4 is 10.1 Å². The molecule has 28 heavy (non-hydrogen) atoms. The van der Waals surface area contributed by atoms with E-state index in [2.05, 4.69) is 5.32 Å². The predicted molar refractivity (Wildman–Crippen MR) is 103 cm³/mol. The van der Waals surface area contributed by atoms with E-state index in [9.17, 15) is 9.59 Å². The van der Waals surface area contributed by atoms with Crippen LogP contribution in [0.5, 0.6) is 11.5 Å². The van der Waals surface area contributed by atoms with Crippen LogP contribution >= 0.6 is 0 Å². The van der Waals surface area contributed by atoms with Crippen LogP contribution in [0.25, 0.3) is 0 Å². The first-order chi connectivity index (χ1) is 13.6. The second-order valence-electron chi connectivity index (χ2n) is 5.76. The van der Waals surface area contributed by atoms with Crippen molar-refractivity contribution in [2.75, 3.05) is 11.9 Å². The van der Waals surface area contributed by atoms with Crippen molar-refractivity contribution >= 4 is 17.6 Å². The molecule has 6 heteroatoms. The topological polar surface area (TPSA) is 88.4 Å². The van der Waals surface area contributed by atoms with Crippen molar-refractivity contribution in [1.82, 2.24) is 0 Å². The van der Waals surface area contributed by atoms with Gasteiger partial charge in [-0.15, -0.1) is 0 Å².